The second-order valence-electron chi connectivity index (χ2n) is 6.55. The third kappa shape index (κ3) is 6.24. The second-order valence-corrected chi connectivity index (χ2v) is 6.55. The number of nitrogen functional groups attached to an aromatic ring is 1. The van der Waals surface area contributed by atoms with Gasteiger partial charge in [-0.3, -0.25) is 9.79 Å². The van der Waals surface area contributed by atoms with Crippen LogP contribution in [-0.2, 0) is 16.1 Å². The summed E-state index contributed by atoms with van der Waals surface area (Å²) in [5.74, 6) is -0.830. The van der Waals surface area contributed by atoms with Crippen LogP contribution in [0.1, 0.15) is 11.1 Å². The first-order chi connectivity index (χ1) is 13.8. The summed E-state index contributed by atoms with van der Waals surface area (Å²) >= 11 is 0. The predicted octanol–water partition coefficient (Wildman–Crippen LogP) is 3.03. The number of nitrogens with two attached hydrogens (primary N) is 1. The van der Waals surface area contributed by atoms with Gasteiger partial charge in [0.2, 0.25) is 0 Å². The van der Waals surface area contributed by atoms with Crippen LogP contribution >= 0.6 is 0 Å². The number of halogens is 1. The van der Waals surface area contributed by atoms with E-state index in [2.05, 4.69) is 15.6 Å². The molecule has 0 atom stereocenters. The van der Waals surface area contributed by atoms with Crippen LogP contribution in [0.5, 0.6) is 0 Å². The molecule has 0 radical (unpaired) electrons. The summed E-state index contributed by atoms with van der Waals surface area (Å²) < 4.78 is 18.3. The van der Waals surface area contributed by atoms with Crippen molar-refractivity contribution in [2.45, 2.75) is 13.5 Å². The highest BCUT2D eigenvalue weighted by atomic mass is 19.1. The van der Waals surface area contributed by atoms with Gasteiger partial charge in [0.15, 0.2) is 5.76 Å². The number of rotatable bonds is 8. The Kier molecular flexibility index (Phi) is 7.59. The molecule has 1 amide bonds. The van der Waals surface area contributed by atoms with E-state index in [9.17, 15) is 9.18 Å². The van der Waals surface area contributed by atoms with Crippen molar-refractivity contribution in [1.29, 1.82) is 0 Å². The number of anilines is 3. The number of ether oxygens (including phenoxy) is 1. The molecule has 0 aliphatic heterocycles. The van der Waals surface area contributed by atoms with Gasteiger partial charge in [-0.05, 0) is 48.4 Å². The number of carbonyl (C=O) groups is 1. The van der Waals surface area contributed by atoms with E-state index in [1.54, 1.807) is 6.07 Å². The van der Waals surface area contributed by atoms with Crippen LogP contribution in [0.25, 0.3) is 0 Å². The van der Waals surface area contributed by atoms with Crippen LogP contribution in [0.15, 0.2) is 53.3 Å². The first-order valence-electron chi connectivity index (χ1n) is 8.93. The molecule has 0 saturated heterocycles. The molecular formula is C21H26FN5O2. The SMILES string of the molecule is CO/C(=C/Nc1ccc(N(C)C)cc1C)C(=O)NC=NCc1ccc(F)c(N)c1. The van der Waals surface area contributed by atoms with Gasteiger partial charge >= 0.3 is 0 Å². The van der Waals surface area contributed by atoms with Crippen LogP contribution in [0.3, 0.4) is 0 Å². The summed E-state index contributed by atoms with van der Waals surface area (Å²) in [5.41, 5.74) is 9.29. The number of hydrogen-bond acceptors (Lipinski definition) is 6. The molecule has 2 rings (SSSR count). The van der Waals surface area contributed by atoms with Crippen molar-refractivity contribution < 1.29 is 13.9 Å². The van der Waals surface area contributed by atoms with Crippen molar-refractivity contribution in [2.24, 2.45) is 4.99 Å². The van der Waals surface area contributed by atoms with Gasteiger partial charge < -0.3 is 26.0 Å². The fourth-order valence-corrected chi connectivity index (χ4v) is 2.47. The standard InChI is InChI=1S/C21H26FN5O2/c1-14-9-16(27(2)3)6-8-19(14)25-12-20(29-4)21(28)26-13-24-11-15-5-7-17(22)18(23)10-15/h5-10,12-13,25H,11,23H2,1-4H3,(H,24,26,28)/b20-12+. The highest BCUT2D eigenvalue weighted by Gasteiger charge is 2.09. The monoisotopic (exact) mass is 399 g/mol. The van der Waals surface area contributed by atoms with E-state index in [1.165, 1.54) is 31.8 Å². The number of aliphatic imine (C=N–C) groups is 1. The predicted molar refractivity (Wildman–Crippen MR) is 115 cm³/mol. The normalized spacial score (nSPS) is 11.4. The summed E-state index contributed by atoms with van der Waals surface area (Å²) in [6.45, 7) is 2.23. The van der Waals surface area contributed by atoms with Crippen molar-refractivity contribution in [3.8, 4) is 0 Å². The van der Waals surface area contributed by atoms with E-state index in [1.807, 2.05) is 44.1 Å². The molecule has 0 aromatic heterocycles. The van der Waals surface area contributed by atoms with Gasteiger partial charge in [-0.1, -0.05) is 6.07 Å². The number of nitrogens with zero attached hydrogens (tertiary/aromatic N) is 2. The molecule has 0 saturated carbocycles. The van der Waals surface area contributed by atoms with Crippen LogP contribution in [0, 0.1) is 12.7 Å². The van der Waals surface area contributed by atoms with Gasteiger partial charge in [-0.2, -0.15) is 0 Å². The molecule has 8 heteroatoms. The minimum Gasteiger partial charge on any atom is -0.490 e. The molecule has 0 aliphatic rings. The largest absolute Gasteiger partial charge is 0.490 e. The molecule has 0 heterocycles. The molecular weight excluding hydrogens is 373 g/mol. The lowest BCUT2D eigenvalue weighted by atomic mass is 10.1. The minimum absolute atomic E-state index is 0.0614. The van der Waals surface area contributed by atoms with E-state index < -0.39 is 11.7 Å². The van der Waals surface area contributed by atoms with Crippen LogP contribution in [0.2, 0.25) is 0 Å². The van der Waals surface area contributed by atoms with Gasteiger partial charge in [-0.15, -0.1) is 0 Å². The number of carbonyl (C=O) groups excluding carboxylic acids is 1. The summed E-state index contributed by atoms with van der Waals surface area (Å²) in [6.07, 6.45) is 2.76. The van der Waals surface area contributed by atoms with Gasteiger partial charge in [-0.25, -0.2) is 4.39 Å². The molecule has 0 fully saturated rings. The molecule has 0 aliphatic carbocycles. The molecule has 2 aromatic rings. The van der Waals surface area contributed by atoms with Crippen molar-refractivity contribution in [3.05, 3.63) is 65.3 Å². The molecule has 0 spiro atoms. The Labute approximate surface area is 170 Å². The summed E-state index contributed by atoms with van der Waals surface area (Å²) in [7, 11) is 5.36. The Bertz CT molecular complexity index is 925. The molecule has 29 heavy (non-hydrogen) atoms. The maximum atomic E-state index is 13.1. The van der Waals surface area contributed by atoms with Gasteiger partial charge in [0.05, 0.1) is 25.7 Å². The third-order valence-corrected chi connectivity index (χ3v) is 4.15. The molecule has 0 bridgehead atoms. The topological polar surface area (TPSA) is 92.0 Å². The number of aryl methyl sites for hydroxylation is 1. The molecule has 2 aromatic carbocycles. The zero-order chi connectivity index (χ0) is 21.4. The van der Waals surface area contributed by atoms with E-state index in [0.717, 1.165) is 22.5 Å². The second kappa shape index (κ2) is 10.1. The van der Waals surface area contributed by atoms with E-state index >= 15 is 0 Å². The van der Waals surface area contributed by atoms with E-state index in [-0.39, 0.29) is 18.0 Å². The molecule has 7 nitrogen and oxygen atoms in total. The maximum Gasteiger partial charge on any atom is 0.292 e. The van der Waals surface area contributed by atoms with Crippen LogP contribution < -0.4 is 21.3 Å². The molecule has 154 valence electrons. The van der Waals surface area contributed by atoms with Gasteiger partial charge in [0, 0.05) is 31.7 Å². The van der Waals surface area contributed by atoms with Crippen molar-refractivity contribution in [2.75, 3.05) is 37.2 Å². The minimum atomic E-state index is -0.472. The summed E-state index contributed by atoms with van der Waals surface area (Å²) in [4.78, 5) is 18.3. The lowest BCUT2D eigenvalue weighted by molar-refractivity contribution is -0.118. The summed E-state index contributed by atoms with van der Waals surface area (Å²) in [6, 6.07) is 10.3. The molecule has 0 unspecified atom stereocenters. The first kappa shape index (κ1) is 21.7. The number of nitrogens with one attached hydrogen (secondary N) is 2. The number of benzene rings is 2. The highest BCUT2D eigenvalue weighted by molar-refractivity contribution is 5.98. The van der Waals surface area contributed by atoms with E-state index in [4.69, 9.17) is 10.5 Å². The number of methoxy groups -OCH3 is 1. The van der Waals surface area contributed by atoms with Crippen LogP contribution in [-0.4, -0.2) is 33.5 Å². The number of amides is 1. The Morgan fingerprint density at radius 3 is 2.66 bits per heavy atom. The molecule has 4 N–H and O–H groups in total. The zero-order valence-corrected chi connectivity index (χ0v) is 17.0. The Morgan fingerprint density at radius 2 is 2.03 bits per heavy atom. The van der Waals surface area contributed by atoms with E-state index in [0.29, 0.717) is 0 Å². The van der Waals surface area contributed by atoms with Gasteiger partial charge in [0.1, 0.15) is 5.82 Å². The average molecular weight is 399 g/mol. The quantitative estimate of drug-likeness (QED) is 0.209. The van der Waals surface area contributed by atoms with Gasteiger partial charge in [0.25, 0.3) is 5.91 Å². The fraction of sp³-hybridized carbons (Fsp3) is 0.238. The van der Waals surface area contributed by atoms with Crippen molar-refractivity contribution >= 4 is 29.3 Å². The summed E-state index contributed by atoms with van der Waals surface area (Å²) in [5, 5.41) is 5.61. The van der Waals surface area contributed by atoms with Crippen LogP contribution in [0.4, 0.5) is 21.5 Å². The van der Waals surface area contributed by atoms with Crippen molar-refractivity contribution in [1.82, 2.24) is 5.32 Å². The fourth-order valence-electron chi connectivity index (χ4n) is 2.47. The lowest BCUT2D eigenvalue weighted by Crippen LogP contribution is -2.24. The third-order valence-electron chi connectivity index (χ3n) is 4.15. The first-order valence-corrected chi connectivity index (χ1v) is 8.93. The zero-order valence-electron chi connectivity index (χ0n) is 17.0. The smallest absolute Gasteiger partial charge is 0.292 e. The Hall–Kier alpha value is -3.55. The lowest BCUT2D eigenvalue weighted by Gasteiger charge is -2.15. The number of hydrogen-bond donors (Lipinski definition) is 3. The Morgan fingerprint density at radius 1 is 1.28 bits per heavy atom. The van der Waals surface area contributed by atoms with Crippen molar-refractivity contribution in [3.63, 3.8) is 0 Å². The average Bonchev–Trinajstić information content (AvgIpc) is 2.69. The maximum absolute atomic E-state index is 13.1. The Balaban J connectivity index is 1.94. The highest BCUT2D eigenvalue weighted by Crippen LogP contribution is 2.21.